The topological polar surface area (TPSA) is 65.5 Å². The number of amides is 2. The van der Waals surface area contributed by atoms with Crippen LogP contribution in [0.5, 0.6) is 0 Å². The van der Waals surface area contributed by atoms with Crippen LogP contribution in [0.15, 0.2) is 48.7 Å². The normalized spacial score (nSPS) is 14.3. The molecule has 1 aliphatic heterocycles. The molecule has 2 aromatic rings. The monoisotopic (exact) mass is 338 g/mol. The first-order chi connectivity index (χ1) is 12.1. The van der Waals surface area contributed by atoms with Crippen LogP contribution in [0, 0.1) is 0 Å². The minimum atomic E-state index is -0.0640. The maximum Gasteiger partial charge on any atom is 0.253 e. The fourth-order valence-corrected chi connectivity index (χ4v) is 2.85. The van der Waals surface area contributed by atoms with Gasteiger partial charge < -0.3 is 15.1 Å². The number of anilines is 1. The summed E-state index contributed by atoms with van der Waals surface area (Å²) in [7, 11) is 0. The Kier molecular flexibility index (Phi) is 5.28. The van der Waals surface area contributed by atoms with E-state index in [1.165, 1.54) is 6.92 Å². The highest BCUT2D eigenvalue weighted by Crippen LogP contribution is 2.15. The van der Waals surface area contributed by atoms with E-state index in [1.54, 1.807) is 6.20 Å². The first-order valence-corrected chi connectivity index (χ1v) is 8.42. The van der Waals surface area contributed by atoms with Gasteiger partial charge in [-0.25, -0.2) is 4.98 Å². The van der Waals surface area contributed by atoms with Crippen molar-refractivity contribution in [1.29, 1.82) is 0 Å². The van der Waals surface area contributed by atoms with Crippen LogP contribution in [0.3, 0.4) is 0 Å². The number of nitrogens with one attached hydrogen (secondary N) is 1. The zero-order valence-corrected chi connectivity index (χ0v) is 14.3. The Bertz CT molecular complexity index is 723. The highest BCUT2D eigenvalue weighted by atomic mass is 16.2. The minimum Gasteiger partial charge on any atom is -0.353 e. The number of carbonyl (C=O) groups is 2. The van der Waals surface area contributed by atoms with Crippen LogP contribution >= 0.6 is 0 Å². The van der Waals surface area contributed by atoms with E-state index in [-0.39, 0.29) is 11.8 Å². The molecule has 25 heavy (non-hydrogen) atoms. The Morgan fingerprint density at radius 2 is 1.76 bits per heavy atom. The molecule has 0 unspecified atom stereocenters. The number of aromatic nitrogens is 1. The van der Waals surface area contributed by atoms with Crippen LogP contribution in [0.1, 0.15) is 22.8 Å². The lowest BCUT2D eigenvalue weighted by Crippen LogP contribution is -2.49. The van der Waals surface area contributed by atoms with Gasteiger partial charge in [-0.1, -0.05) is 18.2 Å². The van der Waals surface area contributed by atoms with Crippen molar-refractivity contribution in [2.45, 2.75) is 13.5 Å². The maximum atomic E-state index is 12.6. The fourth-order valence-electron chi connectivity index (χ4n) is 2.85. The molecule has 130 valence electrons. The van der Waals surface area contributed by atoms with Gasteiger partial charge in [0.05, 0.1) is 0 Å². The van der Waals surface area contributed by atoms with Gasteiger partial charge in [-0.05, 0) is 29.8 Å². The number of nitrogens with zero attached hydrogens (tertiary/aromatic N) is 3. The molecular formula is C19H22N4O2. The van der Waals surface area contributed by atoms with Crippen molar-refractivity contribution in [3.8, 4) is 0 Å². The molecule has 1 fully saturated rings. The Morgan fingerprint density at radius 1 is 1.04 bits per heavy atom. The number of carbonyl (C=O) groups excluding carboxylic acids is 2. The Labute approximate surface area is 147 Å². The number of rotatable bonds is 4. The van der Waals surface area contributed by atoms with Gasteiger partial charge in [-0.15, -0.1) is 0 Å². The molecule has 1 aromatic carbocycles. The molecule has 1 aromatic heterocycles. The second-order valence-corrected chi connectivity index (χ2v) is 6.07. The van der Waals surface area contributed by atoms with Gasteiger partial charge in [-0.2, -0.15) is 0 Å². The molecule has 0 bridgehead atoms. The number of hydrogen-bond donors (Lipinski definition) is 1. The molecule has 0 spiro atoms. The Morgan fingerprint density at radius 3 is 2.36 bits per heavy atom. The van der Waals surface area contributed by atoms with Crippen LogP contribution in [0.2, 0.25) is 0 Å². The molecule has 6 nitrogen and oxygen atoms in total. The predicted octanol–water partition coefficient (Wildman–Crippen LogP) is 1.68. The lowest BCUT2D eigenvalue weighted by Gasteiger charge is -2.35. The van der Waals surface area contributed by atoms with Crippen molar-refractivity contribution in [2.24, 2.45) is 0 Å². The van der Waals surface area contributed by atoms with E-state index in [4.69, 9.17) is 0 Å². The predicted molar refractivity (Wildman–Crippen MR) is 96.3 cm³/mol. The van der Waals surface area contributed by atoms with Crippen LogP contribution < -0.4 is 10.2 Å². The zero-order valence-electron chi connectivity index (χ0n) is 14.3. The number of hydrogen-bond acceptors (Lipinski definition) is 4. The van der Waals surface area contributed by atoms with E-state index in [9.17, 15) is 9.59 Å². The van der Waals surface area contributed by atoms with Crippen LogP contribution in [-0.2, 0) is 11.3 Å². The lowest BCUT2D eigenvalue weighted by atomic mass is 10.1. The van der Waals surface area contributed by atoms with Crippen molar-refractivity contribution in [2.75, 3.05) is 31.1 Å². The second kappa shape index (κ2) is 7.79. The lowest BCUT2D eigenvalue weighted by molar-refractivity contribution is -0.119. The van der Waals surface area contributed by atoms with E-state index in [1.807, 2.05) is 47.4 Å². The zero-order chi connectivity index (χ0) is 17.6. The molecule has 0 atom stereocenters. The van der Waals surface area contributed by atoms with Crippen molar-refractivity contribution >= 4 is 17.6 Å². The van der Waals surface area contributed by atoms with Gasteiger partial charge in [0.15, 0.2) is 0 Å². The highest BCUT2D eigenvalue weighted by molar-refractivity contribution is 5.94. The van der Waals surface area contributed by atoms with Crippen molar-refractivity contribution in [1.82, 2.24) is 15.2 Å². The van der Waals surface area contributed by atoms with Crippen molar-refractivity contribution < 1.29 is 9.59 Å². The van der Waals surface area contributed by atoms with E-state index in [0.717, 1.165) is 24.5 Å². The highest BCUT2D eigenvalue weighted by Gasteiger charge is 2.22. The van der Waals surface area contributed by atoms with Gasteiger partial charge in [0.25, 0.3) is 5.91 Å². The summed E-state index contributed by atoms with van der Waals surface area (Å²) in [6, 6.07) is 13.3. The van der Waals surface area contributed by atoms with Gasteiger partial charge >= 0.3 is 0 Å². The van der Waals surface area contributed by atoms with E-state index in [2.05, 4.69) is 15.2 Å². The number of benzene rings is 1. The van der Waals surface area contributed by atoms with Crippen LogP contribution in [-0.4, -0.2) is 47.9 Å². The van der Waals surface area contributed by atoms with Gasteiger partial charge in [0, 0.05) is 51.4 Å². The largest absolute Gasteiger partial charge is 0.353 e. The molecule has 2 heterocycles. The van der Waals surface area contributed by atoms with Crippen LogP contribution in [0.25, 0.3) is 0 Å². The van der Waals surface area contributed by atoms with Gasteiger partial charge in [-0.3, -0.25) is 9.59 Å². The summed E-state index contributed by atoms with van der Waals surface area (Å²) in [5.41, 5.74) is 1.66. The third-order valence-corrected chi connectivity index (χ3v) is 4.28. The summed E-state index contributed by atoms with van der Waals surface area (Å²) >= 11 is 0. The number of piperazine rings is 1. The summed E-state index contributed by atoms with van der Waals surface area (Å²) in [6.45, 7) is 4.90. The summed E-state index contributed by atoms with van der Waals surface area (Å²) in [4.78, 5) is 32.0. The van der Waals surface area contributed by atoms with E-state index >= 15 is 0 Å². The third-order valence-electron chi connectivity index (χ3n) is 4.28. The SMILES string of the molecule is CC(=O)NCc1ccc(C(=O)N2CCN(c3ccccn3)CC2)cc1. The summed E-state index contributed by atoms with van der Waals surface area (Å²) < 4.78 is 0. The molecule has 6 heteroatoms. The Balaban J connectivity index is 1.56. The summed E-state index contributed by atoms with van der Waals surface area (Å²) in [5.74, 6) is 0.939. The molecule has 2 amide bonds. The standard InChI is InChI=1S/C19H22N4O2/c1-15(24)21-14-16-5-7-17(8-6-16)19(25)23-12-10-22(11-13-23)18-4-2-3-9-20-18/h2-9H,10-14H2,1H3,(H,21,24). The summed E-state index contributed by atoms with van der Waals surface area (Å²) in [5, 5.41) is 2.75. The molecule has 0 aliphatic carbocycles. The molecule has 3 rings (SSSR count). The first kappa shape index (κ1) is 17.0. The smallest absolute Gasteiger partial charge is 0.253 e. The van der Waals surface area contributed by atoms with Gasteiger partial charge in [0.1, 0.15) is 5.82 Å². The quantitative estimate of drug-likeness (QED) is 0.921. The van der Waals surface area contributed by atoms with Crippen molar-refractivity contribution in [3.63, 3.8) is 0 Å². The summed E-state index contributed by atoms with van der Waals surface area (Å²) in [6.07, 6.45) is 1.79. The van der Waals surface area contributed by atoms with Gasteiger partial charge in [0.2, 0.25) is 5.91 Å². The average Bonchev–Trinajstić information content (AvgIpc) is 2.67. The molecule has 1 aliphatic rings. The first-order valence-electron chi connectivity index (χ1n) is 8.42. The molecular weight excluding hydrogens is 316 g/mol. The van der Waals surface area contributed by atoms with E-state index in [0.29, 0.717) is 25.2 Å². The van der Waals surface area contributed by atoms with Crippen LogP contribution in [0.4, 0.5) is 5.82 Å². The van der Waals surface area contributed by atoms with E-state index < -0.39 is 0 Å². The Hall–Kier alpha value is -2.89. The molecule has 0 saturated carbocycles. The maximum absolute atomic E-state index is 12.6. The molecule has 1 saturated heterocycles. The fraction of sp³-hybridized carbons (Fsp3) is 0.316. The second-order valence-electron chi connectivity index (χ2n) is 6.07. The molecule has 0 radical (unpaired) electrons. The van der Waals surface area contributed by atoms with Crippen molar-refractivity contribution in [3.05, 3.63) is 59.8 Å². The minimum absolute atomic E-state index is 0.0479. The number of pyridine rings is 1. The third kappa shape index (κ3) is 4.35. The average molecular weight is 338 g/mol. The molecule has 1 N–H and O–H groups in total.